The molecule has 0 saturated heterocycles. The monoisotopic (exact) mass is 274 g/mol. The van der Waals surface area contributed by atoms with Crippen LogP contribution < -0.4 is 0 Å². The molecule has 0 aromatic carbocycles. The average molecular weight is 274 g/mol. The highest BCUT2D eigenvalue weighted by atomic mass is 16.4. The van der Waals surface area contributed by atoms with Gasteiger partial charge < -0.3 is 10.2 Å². The summed E-state index contributed by atoms with van der Waals surface area (Å²) in [7, 11) is 0. The van der Waals surface area contributed by atoms with Crippen molar-refractivity contribution in [3.05, 3.63) is 46.6 Å². The fraction of sp³-hybridized carbons (Fsp3) is 0.375. The molecule has 0 spiro atoms. The molecule has 0 fully saturated rings. The van der Waals surface area contributed by atoms with Crippen molar-refractivity contribution in [2.24, 2.45) is 0 Å². The molecule has 0 radical (unpaired) electrons. The van der Waals surface area contributed by atoms with Crippen molar-refractivity contribution in [3.63, 3.8) is 0 Å². The molecule has 0 atom stereocenters. The van der Waals surface area contributed by atoms with Gasteiger partial charge in [0.25, 0.3) is 0 Å². The van der Waals surface area contributed by atoms with Gasteiger partial charge in [-0.25, -0.2) is 9.59 Å². The summed E-state index contributed by atoms with van der Waals surface area (Å²) in [6, 6.07) is 0. The fourth-order valence-corrected chi connectivity index (χ4v) is 2.70. The van der Waals surface area contributed by atoms with E-state index in [1.165, 1.54) is 6.08 Å². The van der Waals surface area contributed by atoms with Crippen molar-refractivity contribution in [1.82, 2.24) is 0 Å². The second-order valence-corrected chi connectivity index (χ2v) is 4.99. The molecule has 0 amide bonds. The Labute approximate surface area is 117 Å². The Morgan fingerprint density at radius 1 is 1.00 bits per heavy atom. The Morgan fingerprint density at radius 3 is 2.45 bits per heavy atom. The van der Waals surface area contributed by atoms with E-state index in [-0.39, 0.29) is 11.1 Å². The van der Waals surface area contributed by atoms with Crippen LogP contribution in [0.15, 0.2) is 46.6 Å². The van der Waals surface area contributed by atoms with E-state index in [9.17, 15) is 19.8 Å². The highest BCUT2D eigenvalue weighted by Gasteiger charge is 2.26. The van der Waals surface area contributed by atoms with Crippen LogP contribution >= 0.6 is 0 Å². The Kier molecular flexibility index (Phi) is 4.56. The molecule has 0 heterocycles. The molecular formula is C16H18O4. The summed E-state index contributed by atoms with van der Waals surface area (Å²) in [6.07, 6.45) is 12.2. The molecule has 2 aliphatic carbocycles. The molecule has 0 aliphatic heterocycles. The second kappa shape index (κ2) is 6.37. The summed E-state index contributed by atoms with van der Waals surface area (Å²) in [6.45, 7) is 0. The molecule has 0 saturated carbocycles. The lowest BCUT2D eigenvalue weighted by Crippen LogP contribution is -2.14. The van der Waals surface area contributed by atoms with Gasteiger partial charge in [0.1, 0.15) is 0 Å². The number of aliphatic carboxylic acids is 2. The topological polar surface area (TPSA) is 74.6 Å². The summed E-state index contributed by atoms with van der Waals surface area (Å²) >= 11 is 0. The molecule has 4 nitrogen and oxygen atoms in total. The van der Waals surface area contributed by atoms with Gasteiger partial charge in [0.05, 0.1) is 11.1 Å². The van der Waals surface area contributed by atoms with Crippen molar-refractivity contribution < 1.29 is 19.8 Å². The molecule has 2 aliphatic rings. The van der Waals surface area contributed by atoms with Gasteiger partial charge in [0, 0.05) is 0 Å². The third kappa shape index (κ3) is 3.07. The minimum absolute atomic E-state index is 0.0310. The van der Waals surface area contributed by atoms with Crippen molar-refractivity contribution in [2.45, 2.75) is 38.5 Å². The van der Waals surface area contributed by atoms with Gasteiger partial charge in [0.15, 0.2) is 0 Å². The van der Waals surface area contributed by atoms with Crippen molar-refractivity contribution in [3.8, 4) is 0 Å². The van der Waals surface area contributed by atoms with E-state index in [2.05, 4.69) is 6.08 Å². The van der Waals surface area contributed by atoms with Gasteiger partial charge in [-0.2, -0.15) is 0 Å². The summed E-state index contributed by atoms with van der Waals surface area (Å²) < 4.78 is 0. The maximum absolute atomic E-state index is 11.6. The number of rotatable bonds is 3. The van der Waals surface area contributed by atoms with Gasteiger partial charge in [-0.05, 0) is 49.7 Å². The van der Waals surface area contributed by atoms with Crippen molar-refractivity contribution in [1.29, 1.82) is 0 Å². The second-order valence-electron chi connectivity index (χ2n) is 4.99. The zero-order valence-corrected chi connectivity index (χ0v) is 11.3. The standard InChI is InChI=1S/C16H18O4/c17-15(18)13-10-6-5-9-12(14(13)16(19)20)11-7-3-1-2-4-8-11/h1,3,7,10H,2,4-6,8-9H2,(H,17,18)(H,19,20). The smallest absolute Gasteiger partial charge is 0.336 e. The molecule has 0 aromatic heterocycles. The molecular weight excluding hydrogens is 256 g/mol. The number of carboxylic acids is 2. The van der Waals surface area contributed by atoms with Gasteiger partial charge >= 0.3 is 11.9 Å². The molecule has 4 heteroatoms. The maximum atomic E-state index is 11.6. The minimum Gasteiger partial charge on any atom is -0.478 e. The molecule has 0 aromatic rings. The lowest BCUT2D eigenvalue weighted by molar-refractivity contribution is -0.136. The minimum atomic E-state index is -1.16. The van der Waals surface area contributed by atoms with E-state index < -0.39 is 11.9 Å². The molecule has 0 unspecified atom stereocenters. The van der Waals surface area contributed by atoms with Crippen molar-refractivity contribution in [2.75, 3.05) is 0 Å². The van der Waals surface area contributed by atoms with Crippen LogP contribution in [0.2, 0.25) is 0 Å². The Balaban J connectivity index is 2.54. The Bertz CT molecular complexity index is 547. The first-order valence-corrected chi connectivity index (χ1v) is 6.87. The third-order valence-corrected chi connectivity index (χ3v) is 3.63. The van der Waals surface area contributed by atoms with E-state index in [0.717, 1.165) is 31.3 Å². The summed E-state index contributed by atoms with van der Waals surface area (Å²) in [5.74, 6) is -2.31. The highest BCUT2D eigenvalue weighted by Crippen LogP contribution is 2.33. The van der Waals surface area contributed by atoms with Gasteiger partial charge in [-0.3, -0.25) is 0 Å². The van der Waals surface area contributed by atoms with E-state index >= 15 is 0 Å². The largest absolute Gasteiger partial charge is 0.478 e. The van der Waals surface area contributed by atoms with Crippen LogP contribution in [0.3, 0.4) is 0 Å². The number of carbonyl (C=O) groups is 2. The van der Waals surface area contributed by atoms with Gasteiger partial charge in [-0.1, -0.05) is 24.3 Å². The first kappa shape index (κ1) is 14.3. The van der Waals surface area contributed by atoms with Crippen LogP contribution in [-0.4, -0.2) is 22.2 Å². The lowest BCUT2D eigenvalue weighted by Gasteiger charge is -2.14. The summed E-state index contributed by atoms with van der Waals surface area (Å²) in [5, 5.41) is 18.7. The normalized spacial score (nSPS) is 19.8. The SMILES string of the molecule is O=C(O)C1=CCCCC(C2=CC=CCCC2)=C1C(=O)O. The third-order valence-electron chi connectivity index (χ3n) is 3.63. The fourth-order valence-electron chi connectivity index (χ4n) is 2.70. The molecule has 0 bridgehead atoms. The Hall–Kier alpha value is -2.10. The first-order valence-electron chi connectivity index (χ1n) is 6.87. The van der Waals surface area contributed by atoms with Crippen LogP contribution in [0.25, 0.3) is 0 Å². The van der Waals surface area contributed by atoms with E-state index in [4.69, 9.17) is 0 Å². The van der Waals surface area contributed by atoms with Gasteiger partial charge in [-0.15, -0.1) is 0 Å². The number of hydrogen-bond acceptors (Lipinski definition) is 2. The van der Waals surface area contributed by atoms with Crippen molar-refractivity contribution >= 4 is 11.9 Å². The van der Waals surface area contributed by atoms with Crippen LogP contribution in [-0.2, 0) is 9.59 Å². The Morgan fingerprint density at radius 2 is 1.75 bits per heavy atom. The molecule has 106 valence electrons. The maximum Gasteiger partial charge on any atom is 0.336 e. The zero-order valence-electron chi connectivity index (χ0n) is 11.3. The van der Waals surface area contributed by atoms with Crippen LogP contribution in [0.5, 0.6) is 0 Å². The van der Waals surface area contributed by atoms with Crippen LogP contribution in [0, 0.1) is 0 Å². The van der Waals surface area contributed by atoms with Gasteiger partial charge in [0.2, 0.25) is 0 Å². The predicted octanol–water partition coefficient (Wildman–Crippen LogP) is 3.23. The first-order chi connectivity index (χ1) is 9.61. The van der Waals surface area contributed by atoms with Crippen LogP contribution in [0.1, 0.15) is 38.5 Å². The lowest BCUT2D eigenvalue weighted by atomic mass is 9.90. The van der Waals surface area contributed by atoms with E-state index in [1.807, 2.05) is 12.2 Å². The zero-order chi connectivity index (χ0) is 14.5. The quantitative estimate of drug-likeness (QED) is 0.828. The summed E-state index contributed by atoms with van der Waals surface area (Å²) in [4.78, 5) is 22.9. The summed E-state index contributed by atoms with van der Waals surface area (Å²) in [5.41, 5.74) is 1.55. The predicted molar refractivity (Wildman–Crippen MR) is 75.3 cm³/mol. The molecule has 2 N–H and O–H groups in total. The number of carboxylic acid groups (broad SMARTS) is 2. The number of allylic oxidation sites excluding steroid dienone is 6. The van der Waals surface area contributed by atoms with Crippen LogP contribution in [0.4, 0.5) is 0 Å². The highest BCUT2D eigenvalue weighted by molar-refractivity contribution is 6.06. The number of hydrogen-bond donors (Lipinski definition) is 2. The molecule has 20 heavy (non-hydrogen) atoms. The molecule has 2 rings (SSSR count). The average Bonchev–Trinajstić information content (AvgIpc) is 2.78. The van der Waals surface area contributed by atoms with E-state index in [0.29, 0.717) is 18.4 Å². The van der Waals surface area contributed by atoms with E-state index in [1.54, 1.807) is 0 Å².